The second-order valence-electron chi connectivity index (χ2n) is 2.38. The van der Waals surface area contributed by atoms with Gasteiger partial charge in [0.15, 0.2) is 0 Å². The van der Waals surface area contributed by atoms with Crippen molar-refractivity contribution in [1.29, 1.82) is 0 Å². The first-order valence-electron chi connectivity index (χ1n) is 3.24. The Bertz CT molecular complexity index is 87.1. The van der Waals surface area contributed by atoms with E-state index in [4.69, 9.17) is 0 Å². The van der Waals surface area contributed by atoms with Crippen LogP contribution in [0.1, 0.15) is 6.92 Å². The van der Waals surface area contributed by atoms with Crippen molar-refractivity contribution in [3.8, 4) is 0 Å². The fourth-order valence-corrected chi connectivity index (χ4v) is 1.05. The summed E-state index contributed by atoms with van der Waals surface area (Å²) in [6.45, 7) is 3.21. The molecule has 0 aliphatic carbocycles. The minimum absolute atomic E-state index is 0.275. The molecule has 3 heteroatoms. The Hall–Kier alpha value is -0.180. The van der Waals surface area contributed by atoms with E-state index in [2.05, 4.69) is 0 Å². The van der Waals surface area contributed by atoms with Gasteiger partial charge >= 0.3 is 0 Å². The molecule has 0 amide bonds. The highest BCUT2D eigenvalue weighted by Gasteiger charge is 2.31. The fraction of sp³-hybridized carbons (Fsp3) is 1.00. The van der Waals surface area contributed by atoms with Crippen molar-refractivity contribution in [2.24, 2.45) is 0 Å². The molecule has 0 unspecified atom stereocenters. The molecule has 54 valence electrons. The van der Waals surface area contributed by atoms with Crippen LogP contribution in [-0.4, -0.2) is 36.9 Å². The minimum atomic E-state index is -1.25. The molecule has 0 radical (unpaired) electrons. The molecule has 0 N–H and O–H groups in total. The van der Waals surface area contributed by atoms with Crippen LogP contribution >= 0.6 is 0 Å². The first-order chi connectivity index (χ1) is 4.24. The van der Waals surface area contributed by atoms with Crippen molar-refractivity contribution in [1.82, 2.24) is 4.90 Å². The van der Waals surface area contributed by atoms with Gasteiger partial charge in [-0.25, -0.2) is 8.78 Å². The Balaban J connectivity index is 2.35. The fourth-order valence-electron chi connectivity index (χ4n) is 1.05. The lowest BCUT2D eigenvalue weighted by molar-refractivity contribution is 0.217. The van der Waals surface area contributed by atoms with Crippen molar-refractivity contribution in [2.75, 3.05) is 19.6 Å². The first kappa shape index (κ1) is 6.93. The summed E-state index contributed by atoms with van der Waals surface area (Å²) in [5.74, 6) is 0. The van der Waals surface area contributed by atoms with Crippen molar-refractivity contribution < 1.29 is 8.78 Å². The average Bonchev–Trinajstić information content (AvgIpc) is 2.13. The Morgan fingerprint density at radius 1 is 1.33 bits per heavy atom. The van der Waals surface area contributed by atoms with Gasteiger partial charge in [0, 0.05) is 13.1 Å². The lowest BCUT2D eigenvalue weighted by atomic mass is 10.3. The second kappa shape index (κ2) is 2.60. The number of hydrogen-bond donors (Lipinski definition) is 0. The van der Waals surface area contributed by atoms with E-state index >= 15 is 0 Å². The summed E-state index contributed by atoms with van der Waals surface area (Å²) in [5.41, 5.74) is 0. The molecule has 1 rings (SSSR count). The number of rotatable bonds is 1. The predicted molar refractivity (Wildman–Crippen MR) is 31.9 cm³/mol. The monoisotopic (exact) mass is 135 g/mol. The summed E-state index contributed by atoms with van der Waals surface area (Å²) in [4.78, 5) is 1.77. The number of halogens is 2. The molecule has 1 nitrogen and oxygen atoms in total. The molecule has 0 saturated carbocycles. The number of likely N-dealkylation sites (tertiary alicyclic amines) is 1. The van der Waals surface area contributed by atoms with Crippen LogP contribution in [0.2, 0.25) is 0 Å². The van der Waals surface area contributed by atoms with E-state index in [1.54, 1.807) is 4.90 Å². The van der Waals surface area contributed by atoms with E-state index in [-0.39, 0.29) is 13.1 Å². The largest absolute Gasteiger partial charge is 0.298 e. The molecular weight excluding hydrogens is 124 g/mol. The van der Waals surface area contributed by atoms with Gasteiger partial charge in [0.25, 0.3) is 0 Å². The molecular formula is C6H11F2N. The smallest absolute Gasteiger partial charge is 0.145 e. The van der Waals surface area contributed by atoms with Gasteiger partial charge < -0.3 is 0 Å². The molecule has 1 aliphatic rings. The Morgan fingerprint density at radius 2 is 1.78 bits per heavy atom. The lowest BCUT2D eigenvalue weighted by Gasteiger charge is -2.08. The zero-order valence-electron chi connectivity index (χ0n) is 5.48. The third-order valence-electron chi connectivity index (χ3n) is 1.70. The van der Waals surface area contributed by atoms with Crippen LogP contribution in [0, 0.1) is 0 Å². The van der Waals surface area contributed by atoms with E-state index in [0.717, 1.165) is 6.54 Å². The van der Waals surface area contributed by atoms with Crippen LogP contribution in [-0.2, 0) is 0 Å². The molecule has 9 heavy (non-hydrogen) atoms. The van der Waals surface area contributed by atoms with Crippen molar-refractivity contribution in [3.05, 3.63) is 0 Å². The van der Waals surface area contributed by atoms with Crippen molar-refractivity contribution >= 4 is 0 Å². The van der Waals surface area contributed by atoms with Gasteiger partial charge in [-0.05, 0) is 6.54 Å². The van der Waals surface area contributed by atoms with Gasteiger partial charge in [0.2, 0.25) is 0 Å². The maximum atomic E-state index is 12.3. The van der Waals surface area contributed by atoms with Crippen LogP contribution in [0.15, 0.2) is 0 Å². The highest BCUT2D eigenvalue weighted by atomic mass is 19.2. The maximum absolute atomic E-state index is 12.3. The Kier molecular flexibility index (Phi) is 2.01. The van der Waals surface area contributed by atoms with Crippen LogP contribution in [0.4, 0.5) is 8.78 Å². The van der Waals surface area contributed by atoms with Gasteiger partial charge in [0.1, 0.15) is 12.3 Å². The van der Waals surface area contributed by atoms with Gasteiger partial charge in [-0.1, -0.05) is 6.92 Å². The molecule has 0 aromatic carbocycles. The topological polar surface area (TPSA) is 3.24 Å². The molecule has 1 aliphatic heterocycles. The molecule has 1 saturated heterocycles. The van der Waals surface area contributed by atoms with E-state index in [1.165, 1.54) is 0 Å². The number of alkyl halides is 2. The molecule has 0 spiro atoms. The number of hydrogen-bond acceptors (Lipinski definition) is 1. The van der Waals surface area contributed by atoms with Gasteiger partial charge in [0.05, 0.1) is 0 Å². The first-order valence-corrected chi connectivity index (χ1v) is 3.24. The molecule has 1 fully saturated rings. The minimum Gasteiger partial charge on any atom is -0.298 e. The van der Waals surface area contributed by atoms with E-state index in [1.807, 2.05) is 6.92 Å². The normalized spacial score (nSPS) is 37.7. The molecule has 0 bridgehead atoms. The van der Waals surface area contributed by atoms with Gasteiger partial charge in [-0.2, -0.15) is 0 Å². The average molecular weight is 135 g/mol. The highest BCUT2D eigenvalue weighted by molar-refractivity contribution is 4.82. The van der Waals surface area contributed by atoms with Crippen LogP contribution < -0.4 is 0 Å². The molecule has 2 atom stereocenters. The summed E-state index contributed by atoms with van der Waals surface area (Å²) in [6, 6.07) is 0. The summed E-state index contributed by atoms with van der Waals surface area (Å²) >= 11 is 0. The lowest BCUT2D eigenvalue weighted by Crippen LogP contribution is -2.20. The van der Waals surface area contributed by atoms with Crippen LogP contribution in [0.5, 0.6) is 0 Å². The van der Waals surface area contributed by atoms with Crippen LogP contribution in [0.25, 0.3) is 0 Å². The maximum Gasteiger partial charge on any atom is 0.145 e. The quantitative estimate of drug-likeness (QED) is 0.518. The Labute approximate surface area is 53.6 Å². The standard InChI is InChI=1S/C6H11F2N/c1-2-9-3-5(7)6(8)4-9/h5-6H,2-4H2,1H3/t5-,6+. The molecule has 0 aromatic heterocycles. The summed E-state index contributed by atoms with van der Waals surface area (Å²) in [5, 5.41) is 0. The van der Waals surface area contributed by atoms with E-state index < -0.39 is 12.3 Å². The summed E-state index contributed by atoms with van der Waals surface area (Å²) in [6.07, 6.45) is -2.49. The third kappa shape index (κ3) is 1.39. The van der Waals surface area contributed by atoms with Crippen molar-refractivity contribution in [2.45, 2.75) is 19.3 Å². The Morgan fingerprint density at radius 3 is 2.00 bits per heavy atom. The predicted octanol–water partition coefficient (Wildman–Crippen LogP) is 0.998. The third-order valence-corrected chi connectivity index (χ3v) is 1.70. The SMILES string of the molecule is CCN1C[C@@H](F)[C@@H](F)C1. The number of nitrogens with zero attached hydrogens (tertiary/aromatic N) is 1. The highest BCUT2D eigenvalue weighted by Crippen LogP contribution is 2.15. The van der Waals surface area contributed by atoms with E-state index in [9.17, 15) is 8.78 Å². The van der Waals surface area contributed by atoms with Crippen LogP contribution in [0.3, 0.4) is 0 Å². The van der Waals surface area contributed by atoms with Gasteiger partial charge in [-0.3, -0.25) is 4.90 Å². The zero-order chi connectivity index (χ0) is 6.85. The van der Waals surface area contributed by atoms with Crippen molar-refractivity contribution in [3.63, 3.8) is 0 Å². The van der Waals surface area contributed by atoms with E-state index in [0.29, 0.717) is 0 Å². The summed E-state index contributed by atoms with van der Waals surface area (Å²) in [7, 11) is 0. The molecule has 1 heterocycles. The molecule has 0 aromatic rings. The zero-order valence-corrected chi connectivity index (χ0v) is 5.48. The second-order valence-corrected chi connectivity index (χ2v) is 2.38. The van der Waals surface area contributed by atoms with Gasteiger partial charge in [-0.15, -0.1) is 0 Å². The summed E-state index contributed by atoms with van der Waals surface area (Å²) < 4.78 is 24.7.